The molecule has 9 heteroatoms. The normalized spacial score (nSPS) is 8.33. The van der Waals surface area contributed by atoms with E-state index >= 15 is 0 Å². The largest absolute Gasteiger partial charge is 0 e. The first-order chi connectivity index (χ1) is 10.7. The first-order valence-electron chi connectivity index (χ1n) is 5.58. The molecule has 0 radical (unpaired) electrons. The minimum atomic E-state index is 0. The molecule has 0 aliphatic carbocycles. The Balaban J connectivity index is -0.0000000634. The van der Waals surface area contributed by atoms with Gasteiger partial charge in [0, 0.05) is 36.1 Å². The molecule has 1 aromatic rings. The Morgan fingerprint density at radius 3 is 1.08 bits per heavy atom. The summed E-state index contributed by atoms with van der Waals surface area (Å²) in [5.74, 6) is 0. The second-order valence-corrected chi connectivity index (χ2v) is 9.51. The summed E-state index contributed by atoms with van der Waals surface area (Å²) in [5, 5.41) is 1.66. The molecule has 0 aromatic carbocycles. The van der Waals surface area contributed by atoms with E-state index in [0.29, 0.717) is 10.8 Å². The van der Waals surface area contributed by atoms with Gasteiger partial charge in [0.2, 0.25) is 0 Å². The maximum atomic E-state index is 7.50. The molecule has 0 N–H and O–H groups in total. The second-order valence-electron chi connectivity index (χ2n) is 5.42. The summed E-state index contributed by atoms with van der Waals surface area (Å²) in [5.41, 5.74) is 0.745. The first-order valence-corrected chi connectivity index (χ1v) is 8.79. The van der Waals surface area contributed by atoms with E-state index in [4.69, 9.17) is 23.3 Å². The Morgan fingerprint density at radius 2 is 0.958 bits per heavy atom. The second kappa shape index (κ2) is 25.2. The molecule has 0 atom stereocenters. The van der Waals surface area contributed by atoms with Crippen molar-refractivity contribution in [2.24, 2.45) is 0 Å². The molecule has 0 bridgehead atoms. The van der Waals surface area contributed by atoms with Crippen molar-refractivity contribution in [2.75, 3.05) is 0 Å². The topological polar surface area (TPSA) is 99.5 Å². The quantitative estimate of drug-likeness (QED) is 0.306. The third-order valence-electron chi connectivity index (χ3n) is 1.74. The molecule has 0 saturated heterocycles. The van der Waals surface area contributed by atoms with E-state index in [1.807, 2.05) is 10.9 Å². The van der Waals surface area contributed by atoms with Gasteiger partial charge >= 0.3 is 56.5 Å². The van der Waals surface area contributed by atoms with Crippen molar-refractivity contribution in [1.29, 1.82) is 0 Å². The SMILES string of the molecule is CC(C)(C)c1psc(C(C)(C)C)p1.[C-]#[O+].[C-]#[O+].[C-]#[O+].[C-]#[O+].[C-]#[O+].[W]. The van der Waals surface area contributed by atoms with E-state index in [9.17, 15) is 0 Å². The maximum Gasteiger partial charge on any atom is 0 e. The van der Waals surface area contributed by atoms with Crippen molar-refractivity contribution in [3.05, 3.63) is 42.9 Å². The molecule has 0 fully saturated rings. The smallest absolute Gasteiger partial charge is 0 e. The zero-order chi connectivity index (χ0) is 20.3. The van der Waals surface area contributed by atoms with Crippen LogP contribution in [-0.4, -0.2) is 0 Å². The molecule has 5 nitrogen and oxygen atoms in total. The fraction of sp³-hybridized carbons (Fsp3) is 0.533. The molecule has 0 saturated carbocycles. The standard InChI is InChI=1S/C10H18P2S.5CO.W/c1-9(2,3)7-11-8(13-12-7)10(4,5)6;5*1-2;/h1-6H3;;;;;;. The van der Waals surface area contributed by atoms with Crippen LogP contribution < -0.4 is 0 Å². The molecule has 0 aliphatic heterocycles. The molecule has 24 heavy (non-hydrogen) atoms. The monoisotopic (exact) mass is 556 g/mol. The van der Waals surface area contributed by atoms with Crippen LogP contribution >= 0.6 is 26.5 Å². The predicted octanol–water partition coefficient (Wildman–Crippen LogP) is 5.31. The van der Waals surface area contributed by atoms with E-state index in [0.717, 1.165) is 0 Å². The van der Waals surface area contributed by atoms with E-state index in [-0.39, 0.29) is 21.1 Å². The molecule has 0 aliphatic rings. The molecular weight excluding hydrogens is 538 g/mol. The zero-order valence-electron chi connectivity index (χ0n) is 14.3. The van der Waals surface area contributed by atoms with Gasteiger partial charge in [-0.2, -0.15) is 0 Å². The molecule has 0 unspecified atom stereocenters. The Hall–Kier alpha value is -0.0517. The summed E-state index contributed by atoms with van der Waals surface area (Å²) in [6.07, 6.45) is 0. The van der Waals surface area contributed by atoms with Crippen molar-refractivity contribution >= 4 is 26.5 Å². The van der Waals surface area contributed by atoms with Crippen LogP contribution in [0.3, 0.4) is 0 Å². The van der Waals surface area contributed by atoms with Gasteiger partial charge < -0.3 is 0 Å². The fourth-order valence-electron chi connectivity index (χ4n) is 0.833. The van der Waals surface area contributed by atoms with Crippen molar-refractivity contribution < 1.29 is 44.3 Å². The van der Waals surface area contributed by atoms with Crippen LogP contribution in [0.5, 0.6) is 0 Å². The van der Waals surface area contributed by atoms with E-state index in [1.54, 1.807) is 9.64 Å². The maximum absolute atomic E-state index is 7.50. The zero-order valence-corrected chi connectivity index (χ0v) is 19.8. The minimum absolute atomic E-state index is 0. The van der Waals surface area contributed by atoms with Crippen molar-refractivity contribution in [3.63, 3.8) is 0 Å². The van der Waals surface area contributed by atoms with Crippen molar-refractivity contribution in [1.82, 2.24) is 0 Å². The van der Waals surface area contributed by atoms with Gasteiger partial charge in [-0.15, -0.1) is 10.9 Å². The van der Waals surface area contributed by atoms with E-state index < -0.39 is 0 Å². The third kappa shape index (κ3) is 21.9. The summed E-state index contributed by atoms with van der Waals surface area (Å²) in [6.45, 7) is 36.4. The van der Waals surface area contributed by atoms with Crippen LogP contribution in [0.15, 0.2) is 0 Å². The number of rotatable bonds is 0. The van der Waals surface area contributed by atoms with E-state index in [1.165, 1.54) is 15.6 Å². The first kappa shape index (κ1) is 39.1. The minimum Gasteiger partial charge on any atom is 0 e. The van der Waals surface area contributed by atoms with Crippen LogP contribution in [0.4, 0.5) is 0 Å². The summed E-state index contributed by atoms with van der Waals surface area (Å²) in [6, 6.07) is 0. The molecular formula is C15H18O5P2SW. The van der Waals surface area contributed by atoms with Gasteiger partial charge in [-0.1, -0.05) is 49.7 Å². The Bertz CT molecular complexity index is 428. The van der Waals surface area contributed by atoms with Crippen molar-refractivity contribution in [3.8, 4) is 0 Å². The van der Waals surface area contributed by atoms with Gasteiger partial charge in [-0.05, 0) is 12.8 Å². The van der Waals surface area contributed by atoms with Gasteiger partial charge in [-0.3, -0.25) is 0 Å². The number of hydrogen-bond acceptors (Lipinski definition) is 1. The molecule has 1 heterocycles. The summed E-state index contributed by atoms with van der Waals surface area (Å²) in [7, 11) is 5.00. The van der Waals surface area contributed by atoms with Gasteiger partial charge in [0.15, 0.2) is 0 Å². The van der Waals surface area contributed by atoms with Gasteiger partial charge in [0.25, 0.3) is 0 Å². The van der Waals surface area contributed by atoms with Gasteiger partial charge in [-0.25, -0.2) is 0 Å². The molecule has 0 amide bonds. The van der Waals surface area contributed by atoms with Gasteiger partial charge in [0.05, 0.1) is 0 Å². The third-order valence-corrected chi connectivity index (χ3v) is 8.57. The number of hydrogen-bond donors (Lipinski definition) is 0. The average Bonchev–Trinajstić information content (AvgIpc) is 3.08. The summed E-state index contributed by atoms with van der Waals surface area (Å²) >= 11 is 0. The molecule has 1 aromatic heterocycles. The van der Waals surface area contributed by atoms with Crippen LogP contribution in [-0.2, 0) is 55.2 Å². The average molecular weight is 556 g/mol. The van der Waals surface area contributed by atoms with Crippen LogP contribution in [0.25, 0.3) is 0 Å². The molecule has 130 valence electrons. The predicted molar refractivity (Wildman–Crippen MR) is 86.4 cm³/mol. The summed E-state index contributed by atoms with van der Waals surface area (Å²) in [4.78, 5) is 0. The fourth-order valence-corrected chi connectivity index (χ4v) is 7.15. The molecule has 1 rings (SSSR count). The molecule has 0 spiro atoms. The van der Waals surface area contributed by atoms with E-state index in [2.05, 4.69) is 74.8 Å². The van der Waals surface area contributed by atoms with Crippen LogP contribution in [0, 0.1) is 33.3 Å². The van der Waals surface area contributed by atoms with Crippen LogP contribution in [0.2, 0.25) is 0 Å². The van der Waals surface area contributed by atoms with Gasteiger partial charge in [0.1, 0.15) is 0 Å². The Kier molecular flexibility index (Phi) is 41.1. The van der Waals surface area contributed by atoms with Crippen molar-refractivity contribution in [2.45, 2.75) is 52.4 Å². The Morgan fingerprint density at radius 1 is 0.667 bits per heavy atom. The Labute approximate surface area is 165 Å². The summed E-state index contributed by atoms with van der Waals surface area (Å²) < 4.78 is 39.1. The van der Waals surface area contributed by atoms with Crippen LogP contribution in [0.1, 0.15) is 51.2 Å².